The minimum atomic E-state index is -0.309. The number of thiazole rings is 1. The molecule has 22 heavy (non-hydrogen) atoms. The van der Waals surface area contributed by atoms with E-state index in [0.29, 0.717) is 15.6 Å². The Morgan fingerprint density at radius 3 is 2.86 bits per heavy atom. The number of rotatable bonds is 9. The molecule has 2 aromatic rings. The van der Waals surface area contributed by atoms with E-state index in [2.05, 4.69) is 20.3 Å². The highest BCUT2D eigenvalue weighted by Gasteiger charge is 2.10. The van der Waals surface area contributed by atoms with E-state index in [1.807, 2.05) is 12.4 Å². The Morgan fingerprint density at radius 2 is 2.14 bits per heavy atom. The fourth-order valence-electron chi connectivity index (χ4n) is 1.76. The molecule has 0 radical (unpaired) electrons. The number of hydrogen-bond donors (Lipinski definition) is 3. The van der Waals surface area contributed by atoms with Gasteiger partial charge in [-0.25, -0.2) is 9.37 Å². The second-order valence-corrected chi connectivity index (χ2v) is 6.69. The maximum Gasteiger partial charge on any atom is 0.192 e. The lowest BCUT2D eigenvalue weighted by Crippen LogP contribution is -2.10. The summed E-state index contributed by atoms with van der Waals surface area (Å²) in [5.74, 6) is -0.309. The number of nitrogens with zero attached hydrogens (tertiary/aromatic N) is 1. The molecule has 0 saturated carbocycles. The fourth-order valence-corrected chi connectivity index (χ4v) is 3.33. The predicted molar refractivity (Wildman–Crippen MR) is 94.7 cm³/mol. The molecule has 0 fully saturated rings. The first-order valence-corrected chi connectivity index (χ1v) is 8.98. The molecule has 0 unspecified atom stereocenters. The predicted octanol–water partition coefficient (Wildman–Crippen LogP) is 4.47. The number of nitrogens with one attached hydrogen (secondary N) is 3. The summed E-state index contributed by atoms with van der Waals surface area (Å²) >= 11 is 8.83. The molecule has 0 bridgehead atoms. The van der Waals surface area contributed by atoms with Gasteiger partial charge in [0.15, 0.2) is 5.13 Å². The third-order valence-electron chi connectivity index (χ3n) is 2.87. The topological polar surface area (TPSA) is 49.0 Å². The van der Waals surface area contributed by atoms with E-state index in [1.165, 1.54) is 29.4 Å². The number of benzene rings is 1. The quantitative estimate of drug-likeness (QED) is 0.455. The molecular formula is C14H18ClFN4S2. The van der Waals surface area contributed by atoms with E-state index in [-0.39, 0.29) is 5.82 Å². The lowest BCUT2D eigenvalue weighted by Gasteiger charge is -2.11. The van der Waals surface area contributed by atoms with Gasteiger partial charge in [0, 0.05) is 18.1 Å². The van der Waals surface area contributed by atoms with Crippen molar-refractivity contribution < 1.29 is 4.39 Å². The smallest absolute Gasteiger partial charge is 0.192 e. The highest BCUT2D eigenvalue weighted by Crippen LogP contribution is 2.32. The maximum atomic E-state index is 14.1. The van der Waals surface area contributed by atoms with E-state index in [0.717, 1.165) is 31.1 Å². The van der Waals surface area contributed by atoms with Crippen LogP contribution in [0.2, 0.25) is 5.02 Å². The van der Waals surface area contributed by atoms with Crippen LogP contribution in [0.1, 0.15) is 12.8 Å². The summed E-state index contributed by atoms with van der Waals surface area (Å²) in [6.45, 7) is 1.74. The van der Waals surface area contributed by atoms with Gasteiger partial charge in [0.1, 0.15) is 5.82 Å². The zero-order valence-corrected chi connectivity index (χ0v) is 14.5. The molecule has 1 aromatic carbocycles. The largest absolute Gasteiger partial charge is 0.384 e. The zero-order valence-electron chi connectivity index (χ0n) is 12.2. The van der Waals surface area contributed by atoms with Crippen LogP contribution >= 0.6 is 34.9 Å². The Kier molecular flexibility index (Phi) is 7.24. The summed E-state index contributed by atoms with van der Waals surface area (Å²) in [6.07, 6.45) is 3.76. The van der Waals surface area contributed by atoms with Crippen molar-refractivity contribution in [3.05, 3.63) is 34.5 Å². The Balaban J connectivity index is 1.89. The Bertz CT molecular complexity index is 580. The lowest BCUT2D eigenvalue weighted by molar-refractivity contribution is 0.602. The van der Waals surface area contributed by atoms with Gasteiger partial charge >= 0.3 is 0 Å². The fraction of sp³-hybridized carbons (Fsp3) is 0.357. The minimum Gasteiger partial charge on any atom is -0.384 e. The number of hydrogen-bond acceptors (Lipinski definition) is 6. The molecule has 0 aliphatic rings. The highest BCUT2D eigenvalue weighted by molar-refractivity contribution is 8.00. The summed E-state index contributed by atoms with van der Waals surface area (Å²) in [6, 6.07) is 3.06. The molecule has 0 saturated heterocycles. The molecule has 0 amide bonds. The Labute approximate surface area is 143 Å². The van der Waals surface area contributed by atoms with Crippen LogP contribution in [0.15, 0.2) is 28.6 Å². The monoisotopic (exact) mass is 360 g/mol. The normalized spacial score (nSPS) is 10.7. The Hall–Kier alpha value is -1.02. The van der Waals surface area contributed by atoms with Crippen molar-refractivity contribution in [1.82, 2.24) is 10.3 Å². The molecule has 0 atom stereocenters. The first kappa shape index (κ1) is 17.3. The van der Waals surface area contributed by atoms with Crippen molar-refractivity contribution in [2.45, 2.75) is 17.7 Å². The van der Waals surface area contributed by atoms with Crippen molar-refractivity contribution in [2.24, 2.45) is 0 Å². The van der Waals surface area contributed by atoms with Gasteiger partial charge in [-0.05, 0) is 50.5 Å². The van der Waals surface area contributed by atoms with E-state index in [1.54, 1.807) is 12.3 Å². The van der Waals surface area contributed by atoms with Gasteiger partial charge in [-0.1, -0.05) is 11.6 Å². The first-order valence-electron chi connectivity index (χ1n) is 6.90. The third-order valence-corrected chi connectivity index (χ3v) is 4.83. The highest BCUT2D eigenvalue weighted by atomic mass is 35.5. The standard InChI is InChI=1S/C14H18ClFN4S2/c1-17-4-2-3-5-18-12-9-11(16)13(8-10(12)15)22-20-14-19-6-7-21-14/h6-9,17-18H,2-5H2,1H3,(H,19,20). The molecule has 0 spiro atoms. The summed E-state index contributed by atoms with van der Waals surface area (Å²) in [5.41, 5.74) is 0.627. The summed E-state index contributed by atoms with van der Waals surface area (Å²) < 4.78 is 17.1. The van der Waals surface area contributed by atoms with Crippen molar-refractivity contribution in [3.8, 4) is 0 Å². The lowest BCUT2D eigenvalue weighted by atomic mass is 10.2. The van der Waals surface area contributed by atoms with Gasteiger partial charge < -0.3 is 15.4 Å². The van der Waals surface area contributed by atoms with Crippen LogP contribution in [0.4, 0.5) is 15.2 Å². The van der Waals surface area contributed by atoms with Gasteiger partial charge in [0.2, 0.25) is 0 Å². The Morgan fingerprint density at radius 1 is 1.32 bits per heavy atom. The molecule has 8 heteroatoms. The summed E-state index contributed by atoms with van der Waals surface area (Å²) in [4.78, 5) is 4.52. The SMILES string of the molecule is CNCCCCNc1cc(F)c(SNc2nccs2)cc1Cl. The zero-order chi connectivity index (χ0) is 15.8. The number of unbranched alkanes of at least 4 members (excludes halogenated alkanes) is 1. The molecule has 1 heterocycles. The second kappa shape index (κ2) is 9.19. The molecule has 3 N–H and O–H groups in total. The van der Waals surface area contributed by atoms with Crippen LogP contribution in [-0.4, -0.2) is 25.1 Å². The van der Waals surface area contributed by atoms with Crippen LogP contribution in [0.25, 0.3) is 0 Å². The third kappa shape index (κ3) is 5.31. The average molecular weight is 361 g/mol. The van der Waals surface area contributed by atoms with Crippen molar-refractivity contribution in [3.63, 3.8) is 0 Å². The van der Waals surface area contributed by atoms with Gasteiger partial charge in [0.05, 0.1) is 15.6 Å². The average Bonchev–Trinajstić information content (AvgIpc) is 3.02. The van der Waals surface area contributed by atoms with Gasteiger partial charge in [-0.15, -0.1) is 11.3 Å². The van der Waals surface area contributed by atoms with Crippen LogP contribution in [0.3, 0.4) is 0 Å². The molecule has 120 valence electrons. The number of anilines is 2. The van der Waals surface area contributed by atoms with Crippen LogP contribution in [0.5, 0.6) is 0 Å². The van der Waals surface area contributed by atoms with Gasteiger partial charge in [-0.3, -0.25) is 0 Å². The minimum absolute atomic E-state index is 0.309. The van der Waals surface area contributed by atoms with E-state index in [4.69, 9.17) is 11.6 Å². The molecule has 0 aliphatic carbocycles. The van der Waals surface area contributed by atoms with Crippen molar-refractivity contribution >= 4 is 45.7 Å². The molecular weight excluding hydrogens is 343 g/mol. The molecule has 4 nitrogen and oxygen atoms in total. The number of halogens is 2. The molecule has 0 aliphatic heterocycles. The van der Waals surface area contributed by atoms with Crippen LogP contribution < -0.4 is 15.4 Å². The van der Waals surface area contributed by atoms with Gasteiger partial charge in [-0.2, -0.15) is 0 Å². The van der Waals surface area contributed by atoms with Crippen molar-refractivity contribution in [2.75, 3.05) is 30.2 Å². The molecule has 2 rings (SSSR count). The summed E-state index contributed by atoms with van der Waals surface area (Å²) in [7, 11) is 1.93. The second-order valence-electron chi connectivity index (χ2n) is 4.54. The maximum absolute atomic E-state index is 14.1. The number of aromatic nitrogens is 1. The van der Waals surface area contributed by atoms with Crippen molar-refractivity contribution in [1.29, 1.82) is 0 Å². The van der Waals surface area contributed by atoms with E-state index in [9.17, 15) is 4.39 Å². The van der Waals surface area contributed by atoms with Gasteiger partial charge in [0.25, 0.3) is 0 Å². The first-order chi connectivity index (χ1) is 10.7. The summed E-state index contributed by atoms with van der Waals surface area (Å²) in [5, 5.41) is 9.36. The molecule has 1 aromatic heterocycles. The van der Waals surface area contributed by atoms with E-state index < -0.39 is 0 Å². The van der Waals surface area contributed by atoms with E-state index >= 15 is 0 Å². The van der Waals surface area contributed by atoms with Crippen LogP contribution in [-0.2, 0) is 0 Å². The van der Waals surface area contributed by atoms with Crippen LogP contribution in [0, 0.1) is 5.82 Å².